The standard InChI is InChI=1S/C13H29N5O4/c14-17-2-1-16(5-10(8-19)9-20)11(6-17)13(21)12-7-18(15)3-4-22-12/h10-13,19-21H,1-9,14-15H2/t11?,12-,13?/m1/s1. The second kappa shape index (κ2) is 8.48. The van der Waals surface area contributed by atoms with E-state index in [1.165, 1.54) is 0 Å². The molecule has 2 rings (SSSR count). The van der Waals surface area contributed by atoms with Crippen LogP contribution in [0.15, 0.2) is 0 Å². The summed E-state index contributed by atoms with van der Waals surface area (Å²) in [5, 5.41) is 32.6. The number of ether oxygens (including phenoxy) is 1. The summed E-state index contributed by atoms with van der Waals surface area (Å²) in [5.74, 6) is 11.5. The summed E-state index contributed by atoms with van der Waals surface area (Å²) in [4.78, 5) is 2.07. The second-order valence-corrected chi connectivity index (χ2v) is 6.18. The minimum absolute atomic E-state index is 0.0847. The van der Waals surface area contributed by atoms with Crippen LogP contribution in [0.4, 0.5) is 0 Å². The Hall–Kier alpha value is -0.360. The van der Waals surface area contributed by atoms with Gasteiger partial charge in [-0.2, -0.15) is 0 Å². The van der Waals surface area contributed by atoms with E-state index < -0.39 is 6.10 Å². The van der Waals surface area contributed by atoms with Crippen molar-refractivity contribution in [3.8, 4) is 0 Å². The highest BCUT2D eigenvalue weighted by Gasteiger charge is 2.38. The third-order valence-corrected chi connectivity index (χ3v) is 4.47. The van der Waals surface area contributed by atoms with Gasteiger partial charge >= 0.3 is 0 Å². The Morgan fingerprint density at radius 3 is 2.36 bits per heavy atom. The van der Waals surface area contributed by atoms with Gasteiger partial charge in [-0.3, -0.25) is 16.6 Å². The summed E-state index contributed by atoms with van der Waals surface area (Å²) in [6.07, 6.45) is -1.09. The molecule has 0 bridgehead atoms. The predicted octanol–water partition coefficient (Wildman–Crippen LogP) is -3.62. The maximum Gasteiger partial charge on any atom is 0.0990 e. The number of nitrogens with zero attached hydrogens (tertiary/aromatic N) is 3. The number of piperazine rings is 1. The SMILES string of the molecule is NN1CCN(CC(CO)CO)C(C(O)[C@H]2CN(N)CCO2)C1. The topological polar surface area (TPSA) is 132 Å². The first-order chi connectivity index (χ1) is 10.5. The number of morpholine rings is 1. The Morgan fingerprint density at radius 2 is 1.73 bits per heavy atom. The number of nitrogens with two attached hydrogens (primary N) is 2. The molecule has 7 N–H and O–H groups in total. The lowest BCUT2D eigenvalue weighted by Gasteiger charge is -2.45. The summed E-state index contributed by atoms with van der Waals surface area (Å²) in [7, 11) is 0. The van der Waals surface area contributed by atoms with Crippen molar-refractivity contribution in [3.05, 3.63) is 0 Å². The molecular formula is C13H29N5O4. The molecule has 130 valence electrons. The summed E-state index contributed by atoms with van der Waals surface area (Å²) in [6, 6.07) is -0.212. The van der Waals surface area contributed by atoms with E-state index in [4.69, 9.17) is 16.4 Å². The highest BCUT2D eigenvalue weighted by Crippen LogP contribution is 2.19. The van der Waals surface area contributed by atoms with E-state index in [0.29, 0.717) is 45.9 Å². The fourth-order valence-electron chi connectivity index (χ4n) is 3.08. The molecule has 0 aromatic heterocycles. The average Bonchev–Trinajstić information content (AvgIpc) is 2.53. The van der Waals surface area contributed by atoms with Gasteiger partial charge in [0.1, 0.15) is 0 Å². The van der Waals surface area contributed by atoms with Crippen LogP contribution in [0.1, 0.15) is 0 Å². The van der Waals surface area contributed by atoms with E-state index >= 15 is 0 Å². The highest BCUT2D eigenvalue weighted by molar-refractivity contribution is 4.92. The van der Waals surface area contributed by atoms with Crippen LogP contribution in [0.5, 0.6) is 0 Å². The van der Waals surface area contributed by atoms with Gasteiger partial charge in [0.25, 0.3) is 0 Å². The third-order valence-electron chi connectivity index (χ3n) is 4.47. The van der Waals surface area contributed by atoms with Crippen molar-refractivity contribution in [1.29, 1.82) is 0 Å². The first kappa shape index (κ1) is 18.0. The minimum Gasteiger partial charge on any atom is -0.396 e. The zero-order valence-corrected chi connectivity index (χ0v) is 12.9. The molecule has 0 aromatic carbocycles. The predicted molar refractivity (Wildman–Crippen MR) is 80.3 cm³/mol. The third kappa shape index (κ3) is 4.57. The van der Waals surface area contributed by atoms with E-state index in [1.807, 2.05) is 0 Å². The summed E-state index contributed by atoms with van der Waals surface area (Å²) in [6.45, 7) is 3.83. The molecule has 0 aromatic rings. The number of hydrogen-bond donors (Lipinski definition) is 5. The number of hydrogen-bond acceptors (Lipinski definition) is 9. The molecule has 0 amide bonds. The fourth-order valence-corrected chi connectivity index (χ4v) is 3.08. The van der Waals surface area contributed by atoms with Gasteiger partial charge in [0, 0.05) is 58.4 Å². The molecule has 9 heteroatoms. The van der Waals surface area contributed by atoms with E-state index in [-0.39, 0.29) is 31.3 Å². The molecule has 3 atom stereocenters. The molecule has 22 heavy (non-hydrogen) atoms. The van der Waals surface area contributed by atoms with Crippen LogP contribution in [0, 0.1) is 5.92 Å². The first-order valence-corrected chi connectivity index (χ1v) is 7.79. The molecular weight excluding hydrogens is 290 g/mol. The average molecular weight is 319 g/mol. The van der Waals surface area contributed by atoms with Gasteiger partial charge in [0.2, 0.25) is 0 Å². The molecule has 2 saturated heterocycles. The molecule has 2 fully saturated rings. The molecule has 2 aliphatic rings. The molecule has 9 nitrogen and oxygen atoms in total. The molecule has 2 heterocycles. The van der Waals surface area contributed by atoms with Crippen molar-refractivity contribution in [2.45, 2.75) is 18.2 Å². The van der Waals surface area contributed by atoms with Crippen LogP contribution in [-0.2, 0) is 4.74 Å². The van der Waals surface area contributed by atoms with E-state index in [2.05, 4.69) is 4.90 Å². The molecule has 0 radical (unpaired) electrons. The van der Waals surface area contributed by atoms with Crippen LogP contribution < -0.4 is 11.7 Å². The van der Waals surface area contributed by atoms with E-state index in [1.54, 1.807) is 10.0 Å². The Kier molecular flexibility index (Phi) is 6.93. The molecule has 2 aliphatic heterocycles. The Labute approximate surface area is 131 Å². The van der Waals surface area contributed by atoms with Crippen molar-refractivity contribution in [1.82, 2.24) is 14.9 Å². The van der Waals surface area contributed by atoms with Crippen LogP contribution >= 0.6 is 0 Å². The lowest BCUT2D eigenvalue weighted by Crippen LogP contribution is -2.64. The monoisotopic (exact) mass is 319 g/mol. The zero-order valence-electron chi connectivity index (χ0n) is 12.9. The normalized spacial score (nSPS) is 30.8. The Balaban J connectivity index is 2.01. The van der Waals surface area contributed by atoms with E-state index in [9.17, 15) is 15.3 Å². The summed E-state index contributed by atoms with van der Waals surface area (Å²) >= 11 is 0. The molecule has 0 saturated carbocycles. The maximum absolute atomic E-state index is 10.7. The quantitative estimate of drug-likeness (QED) is 0.315. The van der Waals surface area contributed by atoms with Crippen molar-refractivity contribution < 1.29 is 20.1 Å². The van der Waals surface area contributed by atoms with Crippen molar-refractivity contribution >= 4 is 0 Å². The van der Waals surface area contributed by atoms with Crippen LogP contribution in [0.2, 0.25) is 0 Å². The lowest BCUT2D eigenvalue weighted by molar-refractivity contribution is -0.126. The van der Waals surface area contributed by atoms with Gasteiger partial charge in [0.05, 0.1) is 24.9 Å². The fraction of sp³-hybridized carbons (Fsp3) is 1.00. The maximum atomic E-state index is 10.7. The minimum atomic E-state index is -0.726. The smallest absolute Gasteiger partial charge is 0.0990 e. The highest BCUT2D eigenvalue weighted by atomic mass is 16.5. The van der Waals surface area contributed by atoms with Gasteiger partial charge < -0.3 is 20.1 Å². The van der Waals surface area contributed by atoms with Crippen LogP contribution in [-0.4, -0.2) is 108 Å². The summed E-state index contributed by atoms with van der Waals surface area (Å²) < 4.78 is 5.65. The molecule has 0 spiro atoms. The van der Waals surface area contributed by atoms with Crippen molar-refractivity contribution in [2.75, 3.05) is 59.1 Å². The van der Waals surface area contributed by atoms with Gasteiger partial charge in [-0.05, 0) is 0 Å². The molecule has 0 aliphatic carbocycles. The van der Waals surface area contributed by atoms with Gasteiger partial charge in [-0.25, -0.2) is 10.0 Å². The Morgan fingerprint density at radius 1 is 1.05 bits per heavy atom. The number of aliphatic hydroxyl groups excluding tert-OH is 3. The first-order valence-electron chi connectivity index (χ1n) is 7.79. The number of aliphatic hydroxyl groups is 3. The largest absolute Gasteiger partial charge is 0.396 e. The van der Waals surface area contributed by atoms with Gasteiger partial charge in [0.15, 0.2) is 0 Å². The van der Waals surface area contributed by atoms with Crippen molar-refractivity contribution in [3.63, 3.8) is 0 Å². The molecule has 2 unspecified atom stereocenters. The number of rotatable bonds is 6. The second-order valence-electron chi connectivity index (χ2n) is 6.18. The van der Waals surface area contributed by atoms with E-state index in [0.717, 1.165) is 0 Å². The van der Waals surface area contributed by atoms with Gasteiger partial charge in [-0.15, -0.1) is 0 Å². The van der Waals surface area contributed by atoms with Crippen LogP contribution in [0.25, 0.3) is 0 Å². The summed E-state index contributed by atoms with van der Waals surface area (Å²) in [5.41, 5.74) is 0. The zero-order chi connectivity index (χ0) is 16.1. The Bertz CT molecular complexity index is 332. The number of hydrazine groups is 2. The van der Waals surface area contributed by atoms with Crippen LogP contribution in [0.3, 0.4) is 0 Å². The lowest BCUT2D eigenvalue weighted by atomic mass is 9.99. The van der Waals surface area contributed by atoms with Crippen molar-refractivity contribution in [2.24, 2.45) is 17.6 Å². The van der Waals surface area contributed by atoms with Gasteiger partial charge in [-0.1, -0.05) is 0 Å².